The standard InChI is InChI=1S/C16H11ClN4O3S2/c1-9-2-3-18-14(6-9)20-15(22)10-7-13-12(8-11(10)17)25-16-19-4-5-21(16)26(13,23)24/h2-8H,1H3,(H,18,20,22). The van der Waals surface area contributed by atoms with Gasteiger partial charge in [0.25, 0.3) is 15.9 Å². The highest BCUT2D eigenvalue weighted by molar-refractivity contribution is 8.01. The SMILES string of the molecule is Cc1ccnc(NC(=O)c2cc3c(cc2Cl)Sc2nccn2S3(=O)=O)c1. The summed E-state index contributed by atoms with van der Waals surface area (Å²) in [7, 11) is -3.83. The Hall–Kier alpha value is -2.36. The number of aromatic nitrogens is 3. The number of rotatable bonds is 2. The molecule has 0 atom stereocenters. The second kappa shape index (κ2) is 6.11. The lowest BCUT2D eigenvalue weighted by Crippen LogP contribution is -2.20. The molecule has 1 N–H and O–H groups in total. The molecule has 0 unspecified atom stereocenters. The lowest BCUT2D eigenvalue weighted by Gasteiger charge is -2.19. The van der Waals surface area contributed by atoms with Crippen LogP contribution in [0.1, 0.15) is 15.9 Å². The van der Waals surface area contributed by atoms with Crippen LogP contribution >= 0.6 is 23.4 Å². The summed E-state index contributed by atoms with van der Waals surface area (Å²) >= 11 is 7.41. The molecule has 1 amide bonds. The molecule has 0 bridgehead atoms. The molecule has 0 fully saturated rings. The van der Waals surface area contributed by atoms with Crippen LogP contribution in [0.4, 0.5) is 5.82 Å². The van der Waals surface area contributed by atoms with Gasteiger partial charge in [-0.3, -0.25) is 4.79 Å². The summed E-state index contributed by atoms with van der Waals surface area (Å²) in [5, 5.41) is 3.11. The minimum Gasteiger partial charge on any atom is -0.307 e. The van der Waals surface area contributed by atoms with Crippen molar-refractivity contribution in [2.75, 3.05) is 5.32 Å². The van der Waals surface area contributed by atoms with Crippen LogP contribution in [-0.2, 0) is 10.0 Å². The number of carbonyl (C=O) groups excluding carboxylic acids is 1. The van der Waals surface area contributed by atoms with Crippen LogP contribution in [-0.4, -0.2) is 28.3 Å². The van der Waals surface area contributed by atoms with Crippen LogP contribution < -0.4 is 5.32 Å². The van der Waals surface area contributed by atoms with Gasteiger partial charge in [0.1, 0.15) is 10.7 Å². The Kier molecular flexibility index (Phi) is 4.02. The zero-order chi connectivity index (χ0) is 18.5. The number of imidazole rings is 1. The Balaban J connectivity index is 1.76. The monoisotopic (exact) mass is 406 g/mol. The van der Waals surface area contributed by atoms with Crippen LogP contribution in [0.5, 0.6) is 0 Å². The summed E-state index contributed by atoms with van der Waals surface area (Å²) in [6.45, 7) is 1.87. The Morgan fingerprint density at radius 3 is 2.81 bits per heavy atom. The molecule has 26 heavy (non-hydrogen) atoms. The molecule has 4 rings (SSSR count). The number of hydrogen-bond donors (Lipinski definition) is 1. The fourth-order valence-electron chi connectivity index (χ4n) is 2.52. The molecule has 7 nitrogen and oxygen atoms in total. The van der Waals surface area contributed by atoms with Crippen molar-refractivity contribution < 1.29 is 13.2 Å². The highest BCUT2D eigenvalue weighted by atomic mass is 35.5. The van der Waals surface area contributed by atoms with E-state index >= 15 is 0 Å². The van der Waals surface area contributed by atoms with Gasteiger partial charge in [0.15, 0.2) is 5.16 Å². The topological polar surface area (TPSA) is 93.9 Å². The molecule has 3 aromatic rings. The number of amides is 1. The zero-order valence-electron chi connectivity index (χ0n) is 13.3. The summed E-state index contributed by atoms with van der Waals surface area (Å²) in [5.74, 6) is -0.176. The van der Waals surface area contributed by atoms with Gasteiger partial charge in [-0.25, -0.2) is 22.4 Å². The number of anilines is 1. The molecular formula is C16H11ClN4O3S2. The average Bonchev–Trinajstić information content (AvgIpc) is 3.03. The largest absolute Gasteiger partial charge is 0.307 e. The molecule has 2 aromatic heterocycles. The van der Waals surface area contributed by atoms with Crippen molar-refractivity contribution in [3.63, 3.8) is 0 Å². The first-order valence-corrected chi connectivity index (χ1v) is 10.0. The number of aryl methyl sites for hydroxylation is 1. The smallest absolute Gasteiger partial charge is 0.270 e. The summed E-state index contributed by atoms with van der Waals surface area (Å²) in [6, 6.07) is 6.26. The minimum absolute atomic E-state index is 0.0137. The molecule has 132 valence electrons. The van der Waals surface area contributed by atoms with Gasteiger partial charge in [0.05, 0.1) is 10.6 Å². The Morgan fingerprint density at radius 2 is 2.04 bits per heavy atom. The molecule has 0 radical (unpaired) electrons. The fraction of sp³-hybridized carbons (Fsp3) is 0.0625. The van der Waals surface area contributed by atoms with Crippen molar-refractivity contribution in [1.82, 2.24) is 13.9 Å². The van der Waals surface area contributed by atoms with Crippen LogP contribution in [0.25, 0.3) is 0 Å². The normalized spacial score (nSPS) is 14.4. The third kappa shape index (κ3) is 2.77. The van der Waals surface area contributed by atoms with Crippen LogP contribution in [0.15, 0.2) is 57.8 Å². The Labute approximate surface area is 158 Å². The van der Waals surface area contributed by atoms with Crippen molar-refractivity contribution in [1.29, 1.82) is 0 Å². The van der Waals surface area contributed by atoms with Gasteiger partial charge in [-0.15, -0.1) is 0 Å². The van der Waals surface area contributed by atoms with E-state index in [-0.39, 0.29) is 15.5 Å². The van der Waals surface area contributed by atoms with Crippen molar-refractivity contribution in [2.24, 2.45) is 0 Å². The van der Waals surface area contributed by atoms with Crippen LogP contribution in [0.2, 0.25) is 5.02 Å². The fourth-order valence-corrected chi connectivity index (χ4v) is 5.73. The quantitative estimate of drug-likeness (QED) is 0.549. The molecule has 0 aliphatic carbocycles. The molecule has 0 saturated heterocycles. The number of pyridine rings is 1. The van der Waals surface area contributed by atoms with Crippen LogP contribution in [0, 0.1) is 6.92 Å². The zero-order valence-corrected chi connectivity index (χ0v) is 15.7. The second-order valence-corrected chi connectivity index (χ2v) is 8.76. The van der Waals surface area contributed by atoms with Crippen LogP contribution in [0.3, 0.4) is 0 Å². The van der Waals surface area contributed by atoms with E-state index < -0.39 is 15.9 Å². The summed E-state index contributed by atoms with van der Waals surface area (Å²) < 4.78 is 26.6. The van der Waals surface area contributed by atoms with Gasteiger partial charge >= 0.3 is 0 Å². The lowest BCUT2D eigenvalue weighted by atomic mass is 10.2. The van der Waals surface area contributed by atoms with Gasteiger partial charge in [-0.1, -0.05) is 11.6 Å². The lowest BCUT2D eigenvalue weighted by molar-refractivity contribution is 0.102. The van der Waals surface area contributed by atoms with E-state index in [4.69, 9.17) is 11.6 Å². The van der Waals surface area contributed by atoms with Crippen molar-refractivity contribution in [2.45, 2.75) is 21.9 Å². The van der Waals surface area contributed by atoms with E-state index in [1.54, 1.807) is 18.3 Å². The number of hydrogen-bond acceptors (Lipinski definition) is 6. The number of fused-ring (bicyclic) bond motifs is 2. The predicted molar refractivity (Wildman–Crippen MR) is 97.3 cm³/mol. The highest BCUT2D eigenvalue weighted by Crippen LogP contribution is 2.41. The number of carbonyl (C=O) groups is 1. The van der Waals surface area contributed by atoms with Gasteiger partial charge < -0.3 is 5.32 Å². The maximum absolute atomic E-state index is 12.8. The summed E-state index contributed by atoms with van der Waals surface area (Å²) in [5.41, 5.74) is 0.986. The van der Waals surface area contributed by atoms with E-state index in [1.807, 2.05) is 6.92 Å². The molecule has 1 aromatic carbocycles. The minimum atomic E-state index is -3.83. The maximum atomic E-state index is 12.8. The number of halogens is 1. The number of nitrogens with zero attached hydrogens (tertiary/aromatic N) is 3. The van der Waals surface area contributed by atoms with Gasteiger partial charge in [-0.05, 0) is 48.5 Å². The first-order chi connectivity index (χ1) is 12.4. The summed E-state index contributed by atoms with van der Waals surface area (Å²) in [6.07, 6.45) is 4.34. The van der Waals surface area contributed by atoms with E-state index in [9.17, 15) is 13.2 Å². The maximum Gasteiger partial charge on any atom is 0.270 e. The molecule has 1 aliphatic rings. The van der Waals surface area contributed by atoms with E-state index in [1.165, 1.54) is 36.3 Å². The molecule has 1 aliphatic heterocycles. The van der Waals surface area contributed by atoms with Crippen molar-refractivity contribution in [3.8, 4) is 0 Å². The first-order valence-electron chi connectivity index (χ1n) is 7.40. The highest BCUT2D eigenvalue weighted by Gasteiger charge is 2.32. The van der Waals surface area contributed by atoms with Gasteiger partial charge in [0, 0.05) is 23.5 Å². The number of benzene rings is 1. The van der Waals surface area contributed by atoms with E-state index in [0.29, 0.717) is 15.9 Å². The van der Waals surface area contributed by atoms with Crippen molar-refractivity contribution in [3.05, 3.63) is 59.0 Å². The molecule has 0 saturated carbocycles. The van der Waals surface area contributed by atoms with Gasteiger partial charge in [0.2, 0.25) is 0 Å². The van der Waals surface area contributed by atoms with Gasteiger partial charge in [-0.2, -0.15) is 0 Å². The third-order valence-electron chi connectivity index (χ3n) is 3.75. The molecular weight excluding hydrogens is 396 g/mol. The van der Waals surface area contributed by atoms with Crippen molar-refractivity contribution >= 4 is 45.1 Å². The first kappa shape index (κ1) is 17.1. The molecule has 10 heteroatoms. The third-order valence-corrected chi connectivity index (χ3v) is 7.05. The molecule has 3 heterocycles. The van der Waals surface area contributed by atoms with E-state index in [2.05, 4.69) is 15.3 Å². The number of nitrogens with one attached hydrogen (secondary N) is 1. The van der Waals surface area contributed by atoms with E-state index in [0.717, 1.165) is 9.54 Å². The Morgan fingerprint density at radius 1 is 1.23 bits per heavy atom. The summed E-state index contributed by atoms with van der Waals surface area (Å²) in [4.78, 5) is 21.1. The molecule has 0 spiro atoms. The Bertz CT molecular complexity index is 1160. The predicted octanol–water partition coefficient (Wildman–Crippen LogP) is 3.19. The second-order valence-electron chi connectivity index (χ2n) is 5.56. The average molecular weight is 407 g/mol.